The summed E-state index contributed by atoms with van der Waals surface area (Å²) in [5.41, 5.74) is 2.65. The van der Waals surface area contributed by atoms with Gasteiger partial charge in [-0.05, 0) is 49.7 Å². The Labute approximate surface area is 129 Å². The number of nitrogens with zero attached hydrogens (tertiary/aromatic N) is 3. The minimum Gasteiger partial charge on any atom is -0.455 e. The molecule has 1 heterocycles. The van der Waals surface area contributed by atoms with Crippen LogP contribution in [-0.2, 0) is 0 Å². The molecule has 0 saturated carbocycles. The SMILES string of the molecule is Cc1ccc(Oc2ccc(NC=C(C#N)C#N)cc2C)cn1. The second-order valence-electron chi connectivity index (χ2n) is 4.64. The Hall–Kier alpha value is -3.31. The summed E-state index contributed by atoms with van der Waals surface area (Å²) < 4.78 is 5.78. The molecule has 0 aliphatic heterocycles. The lowest BCUT2D eigenvalue weighted by atomic mass is 10.2. The van der Waals surface area contributed by atoms with Gasteiger partial charge in [0.25, 0.3) is 0 Å². The number of nitriles is 2. The second-order valence-corrected chi connectivity index (χ2v) is 4.64. The van der Waals surface area contributed by atoms with Gasteiger partial charge in [-0.2, -0.15) is 10.5 Å². The summed E-state index contributed by atoms with van der Waals surface area (Å²) in [5, 5.41) is 20.3. The van der Waals surface area contributed by atoms with Crippen LogP contribution in [0, 0.1) is 36.5 Å². The molecule has 2 rings (SSSR count). The number of ether oxygens (including phenoxy) is 1. The van der Waals surface area contributed by atoms with Crippen LogP contribution in [0.25, 0.3) is 0 Å². The van der Waals surface area contributed by atoms with E-state index in [4.69, 9.17) is 15.3 Å². The first-order valence-corrected chi connectivity index (χ1v) is 6.60. The van der Waals surface area contributed by atoms with Crippen molar-refractivity contribution in [2.75, 3.05) is 5.32 Å². The van der Waals surface area contributed by atoms with Crippen LogP contribution in [0.1, 0.15) is 11.3 Å². The molecule has 2 aromatic rings. The highest BCUT2D eigenvalue weighted by Crippen LogP contribution is 2.27. The standard InChI is InChI=1S/C17H14N4O/c1-12-7-15(21-10-14(8-18)9-19)4-6-17(12)22-16-5-3-13(2)20-11-16/h3-7,10-11,21H,1-2H3. The number of aryl methyl sites for hydroxylation is 2. The van der Waals surface area contributed by atoms with Crippen molar-refractivity contribution in [2.45, 2.75) is 13.8 Å². The number of benzene rings is 1. The summed E-state index contributed by atoms with van der Waals surface area (Å²) in [7, 11) is 0. The molecule has 0 aliphatic carbocycles. The minimum absolute atomic E-state index is 0.0173. The normalized spacial score (nSPS) is 9.27. The summed E-state index contributed by atoms with van der Waals surface area (Å²) >= 11 is 0. The number of pyridine rings is 1. The molecule has 0 atom stereocenters. The summed E-state index contributed by atoms with van der Waals surface area (Å²) in [5.74, 6) is 1.39. The quantitative estimate of drug-likeness (QED) is 0.865. The second kappa shape index (κ2) is 6.92. The van der Waals surface area contributed by atoms with Crippen LogP contribution in [0.4, 0.5) is 5.69 Å². The van der Waals surface area contributed by atoms with Crippen molar-refractivity contribution >= 4 is 5.69 Å². The summed E-state index contributed by atoms with van der Waals surface area (Å²) in [4.78, 5) is 4.18. The third-order valence-electron chi connectivity index (χ3n) is 2.91. The van der Waals surface area contributed by atoms with Gasteiger partial charge < -0.3 is 10.1 Å². The largest absolute Gasteiger partial charge is 0.455 e. The monoisotopic (exact) mass is 290 g/mol. The lowest BCUT2D eigenvalue weighted by Crippen LogP contribution is -1.93. The van der Waals surface area contributed by atoms with E-state index < -0.39 is 0 Å². The average molecular weight is 290 g/mol. The third kappa shape index (κ3) is 3.84. The number of rotatable bonds is 4. The van der Waals surface area contributed by atoms with Gasteiger partial charge in [0, 0.05) is 17.6 Å². The first kappa shape index (κ1) is 15.1. The molecule has 5 heteroatoms. The van der Waals surface area contributed by atoms with Gasteiger partial charge in [-0.3, -0.25) is 4.98 Å². The van der Waals surface area contributed by atoms with E-state index in [-0.39, 0.29) is 5.57 Å². The summed E-state index contributed by atoms with van der Waals surface area (Å²) in [6.45, 7) is 3.83. The highest BCUT2D eigenvalue weighted by molar-refractivity contribution is 5.54. The maximum atomic E-state index is 8.68. The molecular weight excluding hydrogens is 276 g/mol. The lowest BCUT2D eigenvalue weighted by molar-refractivity contribution is 0.476. The van der Waals surface area contributed by atoms with E-state index >= 15 is 0 Å². The van der Waals surface area contributed by atoms with Crippen LogP contribution in [0.5, 0.6) is 11.5 Å². The van der Waals surface area contributed by atoms with Gasteiger partial charge in [0.15, 0.2) is 0 Å². The molecular formula is C17H14N4O. The van der Waals surface area contributed by atoms with Crippen molar-refractivity contribution in [1.82, 2.24) is 4.98 Å². The zero-order valence-electron chi connectivity index (χ0n) is 12.3. The number of nitrogens with one attached hydrogen (secondary N) is 1. The Morgan fingerprint density at radius 2 is 1.95 bits per heavy atom. The first-order chi connectivity index (χ1) is 10.6. The van der Waals surface area contributed by atoms with Gasteiger partial charge in [-0.1, -0.05) is 0 Å². The maximum Gasteiger partial charge on any atom is 0.145 e. The van der Waals surface area contributed by atoms with Gasteiger partial charge in [0.2, 0.25) is 0 Å². The number of hydrogen-bond donors (Lipinski definition) is 1. The molecule has 22 heavy (non-hydrogen) atoms. The molecule has 0 amide bonds. The van der Waals surface area contributed by atoms with Gasteiger partial charge in [0.1, 0.15) is 29.2 Å². The summed E-state index contributed by atoms with van der Waals surface area (Å²) in [6, 6.07) is 12.8. The Kier molecular flexibility index (Phi) is 4.74. The van der Waals surface area contributed by atoms with Crippen molar-refractivity contribution < 1.29 is 4.74 Å². The molecule has 1 aromatic heterocycles. The van der Waals surface area contributed by atoms with Crippen LogP contribution in [0.15, 0.2) is 48.3 Å². The smallest absolute Gasteiger partial charge is 0.145 e. The van der Waals surface area contributed by atoms with E-state index in [9.17, 15) is 0 Å². The predicted octanol–water partition coefficient (Wildman–Crippen LogP) is 3.83. The maximum absolute atomic E-state index is 8.68. The number of hydrogen-bond acceptors (Lipinski definition) is 5. The van der Waals surface area contributed by atoms with Crippen molar-refractivity contribution in [3.63, 3.8) is 0 Å². The van der Waals surface area contributed by atoms with E-state index in [2.05, 4.69) is 10.3 Å². The van der Waals surface area contributed by atoms with Crippen molar-refractivity contribution in [3.05, 3.63) is 59.6 Å². The Morgan fingerprint density at radius 1 is 1.18 bits per heavy atom. The highest BCUT2D eigenvalue weighted by atomic mass is 16.5. The van der Waals surface area contributed by atoms with Crippen LogP contribution in [0.2, 0.25) is 0 Å². The van der Waals surface area contributed by atoms with Crippen LogP contribution in [0.3, 0.4) is 0 Å². The average Bonchev–Trinajstić information content (AvgIpc) is 2.53. The third-order valence-corrected chi connectivity index (χ3v) is 2.91. The van der Waals surface area contributed by atoms with Gasteiger partial charge in [-0.15, -0.1) is 0 Å². The van der Waals surface area contributed by atoms with Gasteiger partial charge in [0.05, 0.1) is 6.20 Å². The van der Waals surface area contributed by atoms with E-state index in [0.717, 1.165) is 22.7 Å². The molecule has 0 saturated heterocycles. The molecule has 0 radical (unpaired) electrons. The van der Waals surface area contributed by atoms with E-state index in [1.807, 2.05) is 44.2 Å². The molecule has 0 fully saturated rings. The Morgan fingerprint density at radius 3 is 2.55 bits per heavy atom. The van der Waals surface area contributed by atoms with Crippen molar-refractivity contribution in [1.29, 1.82) is 10.5 Å². The first-order valence-electron chi connectivity index (χ1n) is 6.60. The molecule has 0 bridgehead atoms. The molecule has 5 nitrogen and oxygen atoms in total. The zero-order chi connectivity index (χ0) is 15.9. The van der Waals surface area contributed by atoms with Crippen molar-refractivity contribution in [3.8, 4) is 23.6 Å². The molecule has 108 valence electrons. The molecule has 0 aliphatic rings. The van der Waals surface area contributed by atoms with E-state index in [1.54, 1.807) is 18.3 Å². The Bertz CT molecular complexity index is 764. The number of aromatic nitrogens is 1. The summed E-state index contributed by atoms with van der Waals surface area (Å²) in [6.07, 6.45) is 3.05. The number of anilines is 1. The van der Waals surface area contributed by atoms with Crippen LogP contribution in [-0.4, -0.2) is 4.98 Å². The fourth-order valence-corrected chi connectivity index (χ4v) is 1.74. The molecule has 0 spiro atoms. The zero-order valence-corrected chi connectivity index (χ0v) is 12.3. The minimum atomic E-state index is 0.0173. The fourth-order valence-electron chi connectivity index (χ4n) is 1.74. The van der Waals surface area contributed by atoms with Gasteiger partial charge in [-0.25, -0.2) is 0 Å². The molecule has 1 aromatic carbocycles. The lowest BCUT2D eigenvalue weighted by Gasteiger charge is -2.10. The van der Waals surface area contributed by atoms with Crippen molar-refractivity contribution in [2.24, 2.45) is 0 Å². The number of allylic oxidation sites excluding steroid dienone is 1. The van der Waals surface area contributed by atoms with E-state index in [1.165, 1.54) is 6.20 Å². The predicted molar refractivity (Wildman–Crippen MR) is 83.2 cm³/mol. The topological polar surface area (TPSA) is 81.7 Å². The highest BCUT2D eigenvalue weighted by Gasteiger charge is 2.03. The van der Waals surface area contributed by atoms with Crippen LogP contribution < -0.4 is 10.1 Å². The van der Waals surface area contributed by atoms with Crippen LogP contribution >= 0.6 is 0 Å². The molecule has 0 unspecified atom stereocenters. The van der Waals surface area contributed by atoms with Gasteiger partial charge >= 0.3 is 0 Å². The fraction of sp³-hybridized carbons (Fsp3) is 0.118. The Balaban J connectivity index is 2.13. The molecule has 1 N–H and O–H groups in total. The van der Waals surface area contributed by atoms with E-state index in [0.29, 0.717) is 5.75 Å².